The molecule has 0 aliphatic carbocycles. The lowest BCUT2D eigenvalue weighted by molar-refractivity contribution is -0.115. The van der Waals surface area contributed by atoms with Crippen LogP contribution in [0, 0.1) is 5.82 Å². The number of carbonyl (C=O) groups excluding carboxylic acids is 1. The first-order valence-electron chi connectivity index (χ1n) is 4.16. The second kappa shape index (κ2) is 3.14. The predicted octanol–water partition coefficient (Wildman–Crippen LogP) is 2.07. The van der Waals surface area contributed by atoms with Gasteiger partial charge in [-0.1, -0.05) is 6.07 Å². The summed E-state index contributed by atoms with van der Waals surface area (Å²) in [5, 5.41) is 12.0. The van der Waals surface area contributed by atoms with Crippen LogP contribution in [0.2, 0.25) is 0 Å². The Morgan fingerprint density at radius 1 is 1.43 bits per heavy atom. The highest BCUT2D eigenvalue weighted by Gasteiger charge is 2.17. The lowest BCUT2D eigenvalue weighted by atomic mass is 10.1. The summed E-state index contributed by atoms with van der Waals surface area (Å²) in [6, 6.07) is 4.26. The first-order valence-corrected chi connectivity index (χ1v) is 4.16. The van der Waals surface area contributed by atoms with Gasteiger partial charge >= 0.3 is 0 Å². The molecule has 0 aromatic heterocycles. The molecule has 72 valence electrons. The van der Waals surface area contributed by atoms with Gasteiger partial charge < -0.3 is 10.4 Å². The average molecular weight is 193 g/mol. The quantitative estimate of drug-likeness (QED) is 0.662. The first-order chi connectivity index (χ1) is 6.68. The number of halogens is 1. The summed E-state index contributed by atoms with van der Waals surface area (Å²) in [4.78, 5) is 11.1. The molecular formula is C10H8FNO2. The van der Waals surface area contributed by atoms with E-state index in [1.54, 1.807) is 6.07 Å². The van der Waals surface area contributed by atoms with Crippen LogP contribution < -0.4 is 5.32 Å². The number of hydrogen-bond donors (Lipinski definition) is 2. The molecule has 0 bridgehead atoms. The third-order valence-electron chi connectivity index (χ3n) is 2.02. The second-order valence-corrected chi connectivity index (χ2v) is 3.00. The van der Waals surface area contributed by atoms with Gasteiger partial charge in [0.2, 0.25) is 5.91 Å². The number of rotatable bonds is 0. The summed E-state index contributed by atoms with van der Waals surface area (Å²) < 4.78 is 13.3. The van der Waals surface area contributed by atoms with Crippen molar-refractivity contribution in [2.45, 2.75) is 6.42 Å². The van der Waals surface area contributed by atoms with Crippen LogP contribution in [0.1, 0.15) is 12.0 Å². The largest absolute Gasteiger partial charge is 0.507 e. The molecule has 2 rings (SSSR count). The molecule has 0 atom stereocenters. The fourth-order valence-corrected chi connectivity index (χ4v) is 1.38. The van der Waals surface area contributed by atoms with E-state index in [0.29, 0.717) is 5.69 Å². The standard InChI is InChI=1S/C10H8FNO2/c11-6-2-1-3-7-10(6)8(13)4-5-9(14)12-7/h1-4,13H,5H2,(H,12,14). The number of benzene rings is 1. The molecule has 0 fully saturated rings. The number of aliphatic hydroxyl groups excluding tert-OH is 1. The summed E-state index contributed by atoms with van der Waals surface area (Å²) in [7, 11) is 0. The maximum Gasteiger partial charge on any atom is 0.228 e. The number of carbonyl (C=O) groups is 1. The molecular weight excluding hydrogens is 185 g/mol. The summed E-state index contributed by atoms with van der Waals surface area (Å²) in [6.07, 6.45) is 1.35. The van der Waals surface area contributed by atoms with Crippen molar-refractivity contribution in [3.05, 3.63) is 35.7 Å². The van der Waals surface area contributed by atoms with E-state index in [2.05, 4.69) is 5.32 Å². The summed E-state index contributed by atoms with van der Waals surface area (Å²) in [5.41, 5.74) is 0.361. The zero-order valence-electron chi connectivity index (χ0n) is 7.25. The molecule has 1 aliphatic rings. The van der Waals surface area contributed by atoms with Crippen molar-refractivity contribution < 1.29 is 14.3 Å². The van der Waals surface area contributed by atoms with Gasteiger partial charge in [0.05, 0.1) is 11.3 Å². The van der Waals surface area contributed by atoms with Gasteiger partial charge in [-0.3, -0.25) is 4.79 Å². The van der Waals surface area contributed by atoms with E-state index < -0.39 is 5.82 Å². The number of aliphatic hydroxyl groups is 1. The van der Waals surface area contributed by atoms with Gasteiger partial charge in [-0.15, -0.1) is 0 Å². The average Bonchev–Trinajstić information content (AvgIpc) is 2.27. The molecule has 0 spiro atoms. The zero-order chi connectivity index (χ0) is 10.1. The summed E-state index contributed by atoms with van der Waals surface area (Å²) in [6.45, 7) is 0. The Balaban J connectivity index is 2.63. The molecule has 0 radical (unpaired) electrons. The summed E-state index contributed by atoms with van der Waals surface area (Å²) >= 11 is 0. The molecule has 0 unspecified atom stereocenters. The Morgan fingerprint density at radius 3 is 3.00 bits per heavy atom. The molecule has 14 heavy (non-hydrogen) atoms. The van der Waals surface area contributed by atoms with E-state index in [9.17, 15) is 14.3 Å². The van der Waals surface area contributed by atoms with Gasteiger partial charge in [0.1, 0.15) is 11.6 Å². The SMILES string of the molecule is O=C1CC=C(O)c2c(F)cccc2N1. The molecule has 1 aliphatic heterocycles. The van der Waals surface area contributed by atoms with Crippen molar-refractivity contribution in [3.8, 4) is 0 Å². The Bertz CT molecular complexity index is 426. The van der Waals surface area contributed by atoms with Crippen LogP contribution in [0.25, 0.3) is 5.76 Å². The van der Waals surface area contributed by atoms with Crippen LogP contribution in [0.5, 0.6) is 0 Å². The molecule has 1 aromatic rings. The lowest BCUT2D eigenvalue weighted by Gasteiger charge is -2.07. The molecule has 1 heterocycles. The van der Waals surface area contributed by atoms with Gasteiger partial charge in [-0.25, -0.2) is 4.39 Å². The highest BCUT2D eigenvalue weighted by Crippen LogP contribution is 2.27. The van der Waals surface area contributed by atoms with E-state index in [1.807, 2.05) is 0 Å². The Hall–Kier alpha value is -1.84. The molecule has 2 N–H and O–H groups in total. The van der Waals surface area contributed by atoms with E-state index in [-0.39, 0.29) is 23.7 Å². The minimum Gasteiger partial charge on any atom is -0.507 e. The van der Waals surface area contributed by atoms with Gasteiger partial charge in [0.25, 0.3) is 0 Å². The van der Waals surface area contributed by atoms with E-state index in [4.69, 9.17) is 0 Å². The molecule has 0 saturated heterocycles. The second-order valence-electron chi connectivity index (χ2n) is 3.00. The van der Waals surface area contributed by atoms with E-state index >= 15 is 0 Å². The third kappa shape index (κ3) is 1.35. The number of amides is 1. The molecule has 1 aromatic carbocycles. The van der Waals surface area contributed by atoms with Crippen molar-refractivity contribution in [1.29, 1.82) is 0 Å². The minimum absolute atomic E-state index is 0.0540. The fraction of sp³-hybridized carbons (Fsp3) is 0.100. The highest BCUT2D eigenvalue weighted by molar-refractivity contribution is 5.97. The van der Waals surface area contributed by atoms with E-state index in [1.165, 1.54) is 18.2 Å². The van der Waals surface area contributed by atoms with Gasteiger partial charge in [-0.2, -0.15) is 0 Å². The van der Waals surface area contributed by atoms with Crippen molar-refractivity contribution in [3.63, 3.8) is 0 Å². The molecule has 0 saturated carbocycles. The monoisotopic (exact) mass is 193 g/mol. The Morgan fingerprint density at radius 2 is 2.21 bits per heavy atom. The Kier molecular flexibility index (Phi) is 1.96. The maximum absolute atomic E-state index is 13.3. The van der Waals surface area contributed by atoms with Crippen LogP contribution in [-0.4, -0.2) is 11.0 Å². The van der Waals surface area contributed by atoms with Crippen molar-refractivity contribution >= 4 is 17.4 Å². The van der Waals surface area contributed by atoms with Gasteiger partial charge in [0.15, 0.2) is 0 Å². The van der Waals surface area contributed by atoms with E-state index in [0.717, 1.165) is 0 Å². The van der Waals surface area contributed by atoms with Gasteiger partial charge in [-0.05, 0) is 18.2 Å². The van der Waals surface area contributed by atoms with Crippen molar-refractivity contribution in [2.75, 3.05) is 5.32 Å². The van der Waals surface area contributed by atoms with Crippen LogP contribution in [0.3, 0.4) is 0 Å². The minimum atomic E-state index is -0.543. The highest BCUT2D eigenvalue weighted by atomic mass is 19.1. The van der Waals surface area contributed by atoms with Gasteiger partial charge in [0, 0.05) is 6.42 Å². The number of fused-ring (bicyclic) bond motifs is 1. The normalized spacial score (nSPS) is 15.2. The van der Waals surface area contributed by atoms with Crippen molar-refractivity contribution in [1.82, 2.24) is 0 Å². The smallest absolute Gasteiger partial charge is 0.228 e. The van der Waals surface area contributed by atoms with Crippen LogP contribution in [-0.2, 0) is 4.79 Å². The third-order valence-corrected chi connectivity index (χ3v) is 2.02. The summed E-state index contributed by atoms with van der Waals surface area (Å²) in [5.74, 6) is -1.00. The van der Waals surface area contributed by atoms with Crippen LogP contribution in [0.15, 0.2) is 24.3 Å². The fourth-order valence-electron chi connectivity index (χ4n) is 1.38. The Labute approximate surface area is 79.9 Å². The number of nitrogens with one attached hydrogen (secondary N) is 1. The maximum atomic E-state index is 13.3. The lowest BCUT2D eigenvalue weighted by Crippen LogP contribution is -2.09. The number of hydrogen-bond acceptors (Lipinski definition) is 2. The predicted molar refractivity (Wildman–Crippen MR) is 50.3 cm³/mol. The zero-order valence-corrected chi connectivity index (χ0v) is 7.25. The van der Waals surface area contributed by atoms with Crippen LogP contribution >= 0.6 is 0 Å². The molecule has 3 nitrogen and oxygen atoms in total. The van der Waals surface area contributed by atoms with Crippen molar-refractivity contribution in [2.24, 2.45) is 0 Å². The number of anilines is 1. The topological polar surface area (TPSA) is 49.3 Å². The van der Waals surface area contributed by atoms with Crippen LogP contribution in [0.4, 0.5) is 10.1 Å². The molecule has 1 amide bonds. The molecule has 4 heteroatoms. The first kappa shape index (κ1) is 8.74.